The molecule has 2 saturated heterocycles. The van der Waals surface area contributed by atoms with Crippen LogP contribution in [0.5, 0.6) is 0 Å². The van der Waals surface area contributed by atoms with E-state index in [0.29, 0.717) is 5.69 Å². The Morgan fingerprint density at radius 2 is 1.53 bits per heavy atom. The van der Waals surface area contributed by atoms with Gasteiger partial charge in [-0.3, -0.25) is 24.5 Å². The number of carbonyl (C=O) groups is 2. The van der Waals surface area contributed by atoms with Crippen molar-refractivity contribution in [1.29, 1.82) is 0 Å². The Balaban J connectivity index is 1.65. The summed E-state index contributed by atoms with van der Waals surface area (Å²) in [5.74, 6) is -2.06. The minimum atomic E-state index is -1.14. The minimum Gasteiger partial charge on any atom is -0.273 e. The Morgan fingerprint density at radius 1 is 0.875 bits per heavy atom. The van der Waals surface area contributed by atoms with Gasteiger partial charge in [-0.2, -0.15) is 0 Å². The zero-order chi connectivity index (χ0) is 22.4. The number of nitrogens with zero attached hydrogens (tertiary/aromatic N) is 3. The summed E-state index contributed by atoms with van der Waals surface area (Å²) in [4.78, 5) is 45.1. The summed E-state index contributed by atoms with van der Waals surface area (Å²) in [6, 6.07) is 20.7. The number of benzene rings is 3. The number of anilines is 2. The number of rotatable bonds is 4. The molecule has 9 heteroatoms. The number of nitro groups is 1. The fourth-order valence-electron chi connectivity index (χ4n) is 4.30. The van der Waals surface area contributed by atoms with Crippen LogP contribution in [-0.4, -0.2) is 22.8 Å². The van der Waals surface area contributed by atoms with Gasteiger partial charge in [0.25, 0.3) is 11.6 Å². The first-order chi connectivity index (χ1) is 15.5. The SMILES string of the molecule is O=C1C2ON(c3ccccc3)C(c3ccccc3[N+](=O)[O-])C2C(=O)N1c1ccccc1Cl. The van der Waals surface area contributed by atoms with Gasteiger partial charge < -0.3 is 0 Å². The standard InChI is InChI=1S/C23H16ClN3O5/c24-16-11-5-7-13-18(16)25-22(28)19-20(15-10-4-6-12-17(15)27(30)31)26(32-21(19)23(25)29)14-8-2-1-3-9-14/h1-13,19-21H. The highest BCUT2D eigenvalue weighted by Crippen LogP contribution is 2.49. The van der Waals surface area contributed by atoms with Gasteiger partial charge in [0.2, 0.25) is 5.91 Å². The lowest BCUT2D eigenvalue weighted by Crippen LogP contribution is -2.37. The summed E-state index contributed by atoms with van der Waals surface area (Å²) >= 11 is 6.25. The van der Waals surface area contributed by atoms with Crippen LogP contribution < -0.4 is 9.96 Å². The van der Waals surface area contributed by atoms with Gasteiger partial charge in [-0.15, -0.1) is 0 Å². The molecular weight excluding hydrogens is 434 g/mol. The van der Waals surface area contributed by atoms with Gasteiger partial charge in [0.1, 0.15) is 12.0 Å². The average Bonchev–Trinajstić information content (AvgIpc) is 3.31. The van der Waals surface area contributed by atoms with Crippen molar-refractivity contribution in [3.05, 3.63) is 99.6 Å². The molecule has 160 valence electrons. The molecule has 3 unspecified atom stereocenters. The zero-order valence-corrected chi connectivity index (χ0v) is 17.3. The van der Waals surface area contributed by atoms with E-state index in [1.165, 1.54) is 11.1 Å². The Kier molecular flexibility index (Phi) is 4.88. The molecule has 3 aromatic carbocycles. The third-order valence-electron chi connectivity index (χ3n) is 5.67. The van der Waals surface area contributed by atoms with Crippen LogP contribution in [0.3, 0.4) is 0 Å². The summed E-state index contributed by atoms with van der Waals surface area (Å²) in [5, 5.41) is 13.4. The average molecular weight is 450 g/mol. The van der Waals surface area contributed by atoms with Crippen molar-refractivity contribution in [1.82, 2.24) is 0 Å². The van der Waals surface area contributed by atoms with E-state index in [-0.39, 0.29) is 22.0 Å². The molecular formula is C23H16ClN3O5. The molecule has 0 bridgehead atoms. The first-order valence-corrected chi connectivity index (χ1v) is 10.2. The van der Waals surface area contributed by atoms with Gasteiger partial charge in [0, 0.05) is 6.07 Å². The number of nitro benzene ring substituents is 1. The number of imide groups is 1. The Morgan fingerprint density at radius 3 is 2.25 bits per heavy atom. The molecule has 0 radical (unpaired) electrons. The number of amides is 2. The van der Waals surface area contributed by atoms with Gasteiger partial charge in [0.15, 0.2) is 6.10 Å². The molecule has 0 aromatic heterocycles. The van der Waals surface area contributed by atoms with E-state index >= 15 is 0 Å². The molecule has 0 spiro atoms. The molecule has 2 amide bonds. The second kappa shape index (κ2) is 7.74. The number of hydrogen-bond acceptors (Lipinski definition) is 6. The number of hydroxylamine groups is 1. The van der Waals surface area contributed by atoms with Crippen LogP contribution in [0, 0.1) is 16.0 Å². The topological polar surface area (TPSA) is 93.0 Å². The fourth-order valence-corrected chi connectivity index (χ4v) is 4.52. The maximum absolute atomic E-state index is 13.6. The molecule has 2 heterocycles. The lowest BCUT2D eigenvalue weighted by Gasteiger charge is -2.28. The summed E-state index contributed by atoms with van der Waals surface area (Å²) < 4.78 is 0. The third-order valence-corrected chi connectivity index (χ3v) is 5.99. The van der Waals surface area contributed by atoms with Crippen molar-refractivity contribution in [2.75, 3.05) is 9.96 Å². The molecule has 2 fully saturated rings. The quantitative estimate of drug-likeness (QED) is 0.335. The van der Waals surface area contributed by atoms with Crippen molar-refractivity contribution >= 4 is 40.5 Å². The zero-order valence-electron chi connectivity index (χ0n) is 16.5. The first kappa shape index (κ1) is 20.2. The van der Waals surface area contributed by atoms with Crippen LogP contribution >= 0.6 is 11.6 Å². The van der Waals surface area contributed by atoms with Crippen LogP contribution in [0.25, 0.3) is 0 Å². The van der Waals surface area contributed by atoms with Gasteiger partial charge in [0.05, 0.1) is 26.9 Å². The number of hydrogen-bond donors (Lipinski definition) is 0. The van der Waals surface area contributed by atoms with E-state index in [9.17, 15) is 19.7 Å². The van der Waals surface area contributed by atoms with Crippen LogP contribution in [0.2, 0.25) is 5.02 Å². The largest absolute Gasteiger partial charge is 0.274 e. The van der Waals surface area contributed by atoms with E-state index in [4.69, 9.17) is 16.4 Å². The summed E-state index contributed by atoms with van der Waals surface area (Å²) in [7, 11) is 0. The second-order valence-electron chi connectivity index (χ2n) is 7.44. The monoisotopic (exact) mass is 449 g/mol. The molecule has 2 aliphatic heterocycles. The van der Waals surface area contributed by atoms with Crippen molar-refractivity contribution < 1.29 is 19.3 Å². The lowest BCUT2D eigenvalue weighted by molar-refractivity contribution is -0.385. The molecule has 32 heavy (non-hydrogen) atoms. The van der Waals surface area contributed by atoms with E-state index in [2.05, 4.69) is 0 Å². The molecule has 0 N–H and O–H groups in total. The highest BCUT2D eigenvalue weighted by molar-refractivity contribution is 6.36. The Labute approximate surface area is 187 Å². The van der Waals surface area contributed by atoms with Crippen LogP contribution in [0.1, 0.15) is 11.6 Å². The number of carbonyl (C=O) groups excluding carboxylic acids is 2. The maximum atomic E-state index is 13.6. The van der Waals surface area contributed by atoms with E-state index in [1.54, 1.807) is 66.7 Å². The van der Waals surface area contributed by atoms with Crippen molar-refractivity contribution in [3.63, 3.8) is 0 Å². The highest BCUT2D eigenvalue weighted by atomic mass is 35.5. The normalized spacial score (nSPS) is 22.3. The summed E-state index contributed by atoms with van der Waals surface area (Å²) in [5.41, 5.74) is 0.972. The highest BCUT2D eigenvalue weighted by Gasteiger charge is 2.61. The van der Waals surface area contributed by atoms with Crippen LogP contribution in [-0.2, 0) is 14.4 Å². The lowest BCUT2D eigenvalue weighted by atomic mass is 9.89. The first-order valence-electron chi connectivity index (χ1n) is 9.85. The minimum absolute atomic E-state index is 0.154. The van der Waals surface area contributed by atoms with Gasteiger partial charge in [-0.1, -0.05) is 54.1 Å². The summed E-state index contributed by atoms with van der Waals surface area (Å²) in [6.07, 6.45) is -1.14. The molecule has 2 aliphatic rings. The molecule has 0 saturated carbocycles. The van der Waals surface area contributed by atoms with Gasteiger partial charge in [-0.05, 0) is 30.3 Å². The van der Waals surface area contributed by atoms with E-state index in [0.717, 1.165) is 4.90 Å². The van der Waals surface area contributed by atoms with Crippen molar-refractivity contribution in [2.24, 2.45) is 5.92 Å². The van der Waals surface area contributed by atoms with Crippen molar-refractivity contribution in [3.8, 4) is 0 Å². The van der Waals surface area contributed by atoms with E-state index < -0.39 is 34.8 Å². The maximum Gasteiger partial charge on any atom is 0.274 e. The Hall–Kier alpha value is -3.75. The van der Waals surface area contributed by atoms with Gasteiger partial charge in [-0.25, -0.2) is 9.96 Å². The smallest absolute Gasteiger partial charge is 0.273 e. The molecule has 3 aromatic rings. The Bertz CT molecular complexity index is 1240. The fraction of sp³-hybridized carbons (Fsp3) is 0.130. The van der Waals surface area contributed by atoms with Crippen LogP contribution in [0.4, 0.5) is 17.1 Å². The predicted molar refractivity (Wildman–Crippen MR) is 117 cm³/mol. The molecule has 0 aliphatic carbocycles. The second-order valence-corrected chi connectivity index (χ2v) is 7.84. The number of fused-ring (bicyclic) bond motifs is 1. The summed E-state index contributed by atoms with van der Waals surface area (Å²) in [6.45, 7) is 0. The number of para-hydroxylation sites is 3. The van der Waals surface area contributed by atoms with Gasteiger partial charge >= 0.3 is 0 Å². The van der Waals surface area contributed by atoms with E-state index in [1.807, 2.05) is 6.07 Å². The third kappa shape index (κ3) is 3.04. The number of halogens is 1. The molecule has 3 atom stereocenters. The molecule has 5 rings (SSSR count). The van der Waals surface area contributed by atoms with Crippen LogP contribution in [0.15, 0.2) is 78.9 Å². The molecule has 8 nitrogen and oxygen atoms in total. The van der Waals surface area contributed by atoms with Crippen molar-refractivity contribution in [2.45, 2.75) is 12.1 Å². The predicted octanol–water partition coefficient (Wildman–Crippen LogP) is 4.30.